The van der Waals surface area contributed by atoms with Gasteiger partial charge in [-0.05, 0) is 37.7 Å². The second-order valence-corrected chi connectivity index (χ2v) is 7.76. The summed E-state index contributed by atoms with van der Waals surface area (Å²) in [5.41, 5.74) is 4.81. The summed E-state index contributed by atoms with van der Waals surface area (Å²) in [6, 6.07) is 3.73. The van der Waals surface area contributed by atoms with Gasteiger partial charge in [-0.15, -0.1) is 0 Å². The molecule has 116 valence electrons. The topological polar surface area (TPSA) is 115 Å². The standard InChI is InChI=1S/C12H17N3O4S2/c1-20-9-6-5-8(7-9)14-21(18,19)11-4-2-3-10(13)12(11)15(16)17/h2-4,8-9,14H,5-7,13H2,1H3. The predicted molar refractivity (Wildman–Crippen MR) is 82.8 cm³/mol. The Balaban J connectivity index is 2.29. The van der Waals surface area contributed by atoms with Crippen LogP contribution in [0.3, 0.4) is 0 Å². The molecule has 0 aromatic heterocycles. The van der Waals surface area contributed by atoms with Crippen LogP contribution in [0, 0.1) is 10.1 Å². The second-order valence-electron chi connectivity index (χ2n) is 4.94. The minimum atomic E-state index is -3.95. The molecule has 21 heavy (non-hydrogen) atoms. The average Bonchev–Trinajstić information content (AvgIpc) is 2.85. The van der Waals surface area contributed by atoms with Crippen molar-refractivity contribution in [2.24, 2.45) is 0 Å². The minimum absolute atomic E-state index is 0.156. The van der Waals surface area contributed by atoms with Gasteiger partial charge >= 0.3 is 5.69 Å². The Morgan fingerprint density at radius 1 is 1.43 bits per heavy atom. The van der Waals surface area contributed by atoms with E-state index < -0.39 is 20.6 Å². The zero-order chi connectivity index (χ0) is 15.6. The first-order valence-electron chi connectivity index (χ1n) is 6.43. The highest BCUT2D eigenvalue weighted by Crippen LogP contribution is 2.32. The molecular formula is C12H17N3O4S2. The molecule has 0 spiro atoms. The molecule has 1 aliphatic rings. The van der Waals surface area contributed by atoms with Crippen LogP contribution >= 0.6 is 11.8 Å². The van der Waals surface area contributed by atoms with Crippen molar-refractivity contribution < 1.29 is 13.3 Å². The van der Waals surface area contributed by atoms with E-state index in [0.29, 0.717) is 5.25 Å². The SMILES string of the molecule is CSC1CCC(NS(=O)(=O)c2cccc(N)c2[N+](=O)[O-])C1. The van der Waals surface area contributed by atoms with Gasteiger partial charge in [-0.3, -0.25) is 10.1 Å². The molecule has 2 unspecified atom stereocenters. The maximum absolute atomic E-state index is 12.4. The van der Waals surface area contributed by atoms with E-state index in [0.717, 1.165) is 19.3 Å². The van der Waals surface area contributed by atoms with Crippen molar-refractivity contribution >= 4 is 33.2 Å². The quantitative estimate of drug-likeness (QED) is 0.482. The number of rotatable bonds is 5. The van der Waals surface area contributed by atoms with Crippen LogP contribution in [0.25, 0.3) is 0 Å². The lowest BCUT2D eigenvalue weighted by Gasteiger charge is -2.13. The summed E-state index contributed by atoms with van der Waals surface area (Å²) in [5, 5.41) is 11.5. The summed E-state index contributed by atoms with van der Waals surface area (Å²) >= 11 is 1.71. The molecule has 0 saturated heterocycles. The van der Waals surface area contributed by atoms with Crippen LogP contribution in [-0.4, -0.2) is 30.9 Å². The van der Waals surface area contributed by atoms with Gasteiger partial charge < -0.3 is 5.73 Å². The Morgan fingerprint density at radius 2 is 2.14 bits per heavy atom. The molecule has 1 aliphatic carbocycles. The first kappa shape index (κ1) is 16.1. The highest BCUT2D eigenvalue weighted by atomic mass is 32.2. The lowest BCUT2D eigenvalue weighted by atomic mass is 10.3. The Kier molecular flexibility index (Phi) is 4.74. The van der Waals surface area contributed by atoms with Gasteiger partial charge in [0.15, 0.2) is 4.90 Å². The number of nitrogens with zero attached hydrogens (tertiary/aromatic N) is 1. The molecule has 2 rings (SSSR count). The molecule has 0 aliphatic heterocycles. The van der Waals surface area contributed by atoms with Crippen LogP contribution in [-0.2, 0) is 10.0 Å². The molecule has 7 nitrogen and oxygen atoms in total. The molecule has 3 N–H and O–H groups in total. The van der Waals surface area contributed by atoms with E-state index in [9.17, 15) is 18.5 Å². The van der Waals surface area contributed by atoms with E-state index in [1.54, 1.807) is 11.8 Å². The average molecular weight is 331 g/mol. The molecule has 0 amide bonds. The third-order valence-corrected chi connectivity index (χ3v) is 6.19. The third kappa shape index (κ3) is 3.47. The normalized spacial score (nSPS) is 22.3. The molecule has 0 bridgehead atoms. The van der Waals surface area contributed by atoms with Crippen molar-refractivity contribution in [3.05, 3.63) is 28.3 Å². The van der Waals surface area contributed by atoms with Crippen LogP contribution in [0.1, 0.15) is 19.3 Å². The number of nitro benzene ring substituents is 1. The first-order valence-corrected chi connectivity index (χ1v) is 9.20. The lowest BCUT2D eigenvalue weighted by Crippen LogP contribution is -2.33. The first-order chi connectivity index (χ1) is 9.85. The van der Waals surface area contributed by atoms with Gasteiger partial charge in [-0.2, -0.15) is 11.8 Å². The minimum Gasteiger partial charge on any atom is -0.393 e. The summed E-state index contributed by atoms with van der Waals surface area (Å²) in [4.78, 5) is 9.92. The number of nitrogens with one attached hydrogen (secondary N) is 1. The van der Waals surface area contributed by atoms with Crippen LogP contribution in [0.15, 0.2) is 23.1 Å². The van der Waals surface area contributed by atoms with Gasteiger partial charge in [0.2, 0.25) is 10.0 Å². The van der Waals surface area contributed by atoms with Crippen molar-refractivity contribution in [2.75, 3.05) is 12.0 Å². The fourth-order valence-corrected chi connectivity index (χ4v) is 4.78. The van der Waals surface area contributed by atoms with E-state index in [-0.39, 0.29) is 16.6 Å². The fourth-order valence-electron chi connectivity index (χ4n) is 2.50. The number of nitrogens with two attached hydrogens (primary N) is 1. The van der Waals surface area contributed by atoms with Crippen molar-refractivity contribution in [1.82, 2.24) is 4.72 Å². The number of sulfonamides is 1. The van der Waals surface area contributed by atoms with Gasteiger partial charge in [0.05, 0.1) is 4.92 Å². The van der Waals surface area contributed by atoms with Gasteiger partial charge in [0, 0.05) is 11.3 Å². The van der Waals surface area contributed by atoms with E-state index in [2.05, 4.69) is 4.72 Å². The summed E-state index contributed by atoms with van der Waals surface area (Å²) in [6.45, 7) is 0. The smallest absolute Gasteiger partial charge is 0.312 e. The predicted octanol–water partition coefficient (Wildman–Crippen LogP) is 1.74. The molecule has 1 aromatic carbocycles. The van der Waals surface area contributed by atoms with Crippen molar-refractivity contribution in [3.63, 3.8) is 0 Å². The zero-order valence-electron chi connectivity index (χ0n) is 11.5. The molecule has 1 fully saturated rings. The number of anilines is 1. The van der Waals surface area contributed by atoms with Crippen LogP contribution in [0.2, 0.25) is 0 Å². The van der Waals surface area contributed by atoms with E-state index in [4.69, 9.17) is 5.73 Å². The van der Waals surface area contributed by atoms with E-state index in [1.165, 1.54) is 18.2 Å². The van der Waals surface area contributed by atoms with Crippen molar-refractivity contribution in [2.45, 2.75) is 35.4 Å². The summed E-state index contributed by atoms with van der Waals surface area (Å²) in [7, 11) is -3.95. The van der Waals surface area contributed by atoms with Gasteiger partial charge in [0.25, 0.3) is 0 Å². The maximum atomic E-state index is 12.4. The van der Waals surface area contributed by atoms with Crippen molar-refractivity contribution in [1.29, 1.82) is 0 Å². The number of nitrogen functional groups attached to an aromatic ring is 1. The number of benzene rings is 1. The van der Waals surface area contributed by atoms with Crippen LogP contribution in [0.5, 0.6) is 0 Å². The molecule has 1 aromatic rings. The lowest BCUT2D eigenvalue weighted by molar-refractivity contribution is -0.386. The maximum Gasteiger partial charge on any atom is 0.312 e. The number of thioether (sulfide) groups is 1. The highest BCUT2D eigenvalue weighted by Gasteiger charge is 2.32. The molecule has 9 heteroatoms. The second kappa shape index (κ2) is 6.20. The largest absolute Gasteiger partial charge is 0.393 e. The Labute approximate surface area is 127 Å². The highest BCUT2D eigenvalue weighted by molar-refractivity contribution is 7.99. The van der Waals surface area contributed by atoms with Gasteiger partial charge in [0.1, 0.15) is 5.69 Å². The fraction of sp³-hybridized carbons (Fsp3) is 0.500. The molecular weight excluding hydrogens is 314 g/mol. The van der Waals surface area contributed by atoms with Crippen LogP contribution < -0.4 is 10.5 Å². The number of para-hydroxylation sites is 1. The van der Waals surface area contributed by atoms with E-state index in [1.807, 2.05) is 6.26 Å². The third-order valence-electron chi connectivity index (χ3n) is 3.54. The van der Waals surface area contributed by atoms with Gasteiger partial charge in [-0.1, -0.05) is 6.07 Å². The number of hydrogen-bond donors (Lipinski definition) is 2. The summed E-state index contributed by atoms with van der Waals surface area (Å²) < 4.78 is 27.3. The number of hydrogen-bond acceptors (Lipinski definition) is 6. The van der Waals surface area contributed by atoms with Crippen molar-refractivity contribution in [3.8, 4) is 0 Å². The van der Waals surface area contributed by atoms with Crippen LogP contribution in [0.4, 0.5) is 11.4 Å². The molecule has 2 atom stereocenters. The Hall–Kier alpha value is -1.32. The summed E-state index contributed by atoms with van der Waals surface area (Å²) in [6.07, 6.45) is 4.40. The number of nitro groups is 1. The zero-order valence-corrected chi connectivity index (χ0v) is 13.1. The van der Waals surface area contributed by atoms with Gasteiger partial charge in [-0.25, -0.2) is 13.1 Å². The monoisotopic (exact) mass is 331 g/mol. The Morgan fingerprint density at radius 3 is 2.71 bits per heavy atom. The van der Waals surface area contributed by atoms with E-state index >= 15 is 0 Å². The molecule has 1 saturated carbocycles. The molecule has 0 radical (unpaired) electrons. The Bertz CT molecular complexity index is 648. The summed E-state index contributed by atoms with van der Waals surface area (Å²) in [5.74, 6) is 0. The molecule has 0 heterocycles.